The summed E-state index contributed by atoms with van der Waals surface area (Å²) < 4.78 is 55.7. The minimum atomic E-state index is -5.01. The molecule has 0 aromatic carbocycles. The van der Waals surface area contributed by atoms with Gasteiger partial charge in [0.05, 0.1) is 19.4 Å². The Morgan fingerprint density at radius 3 is 2.71 bits per heavy atom. The minimum absolute atomic E-state index is 0.0378. The number of hydrogen-bond donors (Lipinski definition) is 6. The maximum atomic E-state index is 13.0. The molecule has 2 fully saturated rings. The molecule has 48 heavy (non-hydrogen) atoms. The van der Waals surface area contributed by atoms with Crippen LogP contribution in [0.15, 0.2) is 41.6 Å². The number of aromatic nitrogens is 4. The summed E-state index contributed by atoms with van der Waals surface area (Å²) in [5.74, 6) is -4.72. The van der Waals surface area contributed by atoms with E-state index >= 15 is 0 Å². The average Bonchev–Trinajstić information content (AvgIpc) is 3.75. The first-order chi connectivity index (χ1) is 22.8. The Morgan fingerprint density at radius 2 is 2.00 bits per heavy atom. The van der Waals surface area contributed by atoms with Gasteiger partial charge >= 0.3 is 22.4 Å². The number of β-lactam (4-membered cyclic amide) rings is 1. The Kier molecular flexibility index (Phi) is 8.98. The Morgan fingerprint density at radius 1 is 1.23 bits per heavy atom. The van der Waals surface area contributed by atoms with Gasteiger partial charge in [-0.15, -0.1) is 11.3 Å². The predicted molar refractivity (Wildman–Crippen MR) is 158 cm³/mol. The van der Waals surface area contributed by atoms with Gasteiger partial charge in [-0.1, -0.05) is 6.07 Å². The second-order valence-corrected chi connectivity index (χ2v) is 14.3. The number of ether oxygens (including phenoxy) is 2. The molecule has 7 N–H and O–H groups in total. The largest absolute Gasteiger partial charge is 0.614 e. The number of amides is 3. The fraction of sp³-hybridized carbons (Fsp3) is 0.375. The van der Waals surface area contributed by atoms with Crippen molar-refractivity contribution in [3.63, 3.8) is 0 Å². The molecule has 0 bridgehead atoms. The van der Waals surface area contributed by atoms with E-state index in [-0.39, 0.29) is 23.4 Å². The van der Waals surface area contributed by atoms with Crippen LogP contribution in [0.5, 0.6) is 0 Å². The third-order valence-electron chi connectivity index (χ3n) is 7.33. The summed E-state index contributed by atoms with van der Waals surface area (Å²) in [6, 6.07) is 2.13. The van der Waals surface area contributed by atoms with Gasteiger partial charge in [-0.05, 0) is 22.6 Å². The lowest BCUT2D eigenvalue weighted by Gasteiger charge is -2.48. The van der Waals surface area contributed by atoms with E-state index in [0.29, 0.717) is 9.78 Å². The van der Waals surface area contributed by atoms with Crippen molar-refractivity contribution in [3.8, 4) is 0 Å². The summed E-state index contributed by atoms with van der Waals surface area (Å²) in [5, 5.41) is 33.7. The van der Waals surface area contributed by atoms with Gasteiger partial charge in [-0.3, -0.25) is 23.2 Å². The molecule has 7 atom stereocenters. The monoisotopic (exact) mass is 728 g/mol. The third kappa shape index (κ3) is 6.26. The van der Waals surface area contributed by atoms with Gasteiger partial charge in [0.25, 0.3) is 5.91 Å². The van der Waals surface area contributed by atoms with E-state index in [2.05, 4.69) is 20.3 Å². The normalized spacial score (nSPS) is 27.0. The number of nitrogen functional groups attached to an aromatic ring is 1. The molecule has 21 nitrogen and oxygen atoms in total. The fourth-order valence-electron chi connectivity index (χ4n) is 5.19. The number of hydrogen-bond acceptors (Lipinski definition) is 17. The van der Waals surface area contributed by atoms with E-state index in [1.54, 1.807) is 17.5 Å². The summed E-state index contributed by atoms with van der Waals surface area (Å²) in [5.41, 5.74) is 5.21. The zero-order valence-corrected chi connectivity index (χ0v) is 26.4. The molecule has 3 aliphatic rings. The van der Waals surface area contributed by atoms with Crippen LogP contribution in [0.4, 0.5) is 10.6 Å². The SMILES string of the molecule is Nc1ncnc2c1ncn2[C@@H]1O[C@H](COS(=O)(=O)NC(=O)OC2=C(C(=O)O)N3C(=O)[C@@H](NC(=O)Cc4cccs4)[C@H]3[S+]([O-])C2)[C@@H](O)[C@H]1O. The highest BCUT2D eigenvalue weighted by Gasteiger charge is 2.62. The number of anilines is 1. The first kappa shape index (κ1) is 33.5. The van der Waals surface area contributed by atoms with Crippen molar-refractivity contribution in [3.05, 3.63) is 46.5 Å². The van der Waals surface area contributed by atoms with Crippen molar-refractivity contribution in [2.24, 2.45) is 0 Å². The number of carbonyl (C=O) groups excluding carboxylic acids is 3. The molecule has 0 radical (unpaired) electrons. The van der Waals surface area contributed by atoms with Gasteiger partial charge in [0.1, 0.15) is 30.2 Å². The number of aliphatic hydroxyl groups is 2. The summed E-state index contributed by atoms with van der Waals surface area (Å²) >= 11 is -0.777. The van der Waals surface area contributed by atoms with Gasteiger partial charge in [0.15, 0.2) is 40.9 Å². The molecule has 1 unspecified atom stereocenters. The van der Waals surface area contributed by atoms with E-state index in [1.165, 1.54) is 27.0 Å². The summed E-state index contributed by atoms with van der Waals surface area (Å²) in [7, 11) is -5.01. The number of imidazole rings is 1. The Balaban J connectivity index is 1.07. The Hall–Kier alpha value is -4.43. The number of carboxylic acid groups (broad SMARTS) is 1. The van der Waals surface area contributed by atoms with E-state index in [0.717, 1.165) is 6.33 Å². The lowest BCUT2D eigenvalue weighted by Crippen LogP contribution is -2.75. The highest BCUT2D eigenvalue weighted by molar-refractivity contribution is 7.92. The zero-order chi connectivity index (χ0) is 34.5. The zero-order valence-electron chi connectivity index (χ0n) is 23.9. The molecule has 6 rings (SSSR count). The second-order valence-electron chi connectivity index (χ2n) is 10.4. The fourth-order valence-corrected chi connectivity index (χ4v) is 8.07. The maximum absolute atomic E-state index is 13.0. The van der Waals surface area contributed by atoms with Crippen LogP contribution in [0.25, 0.3) is 11.2 Å². The molecule has 2 saturated heterocycles. The molecule has 3 aromatic heterocycles. The molecule has 3 aromatic rings. The van der Waals surface area contributed by atoms with E-state index in [9.17, 15) is 47.5 Å². The number of aliphatic hydroxyl groups excluding tert-OH is 2. The first-order valence-corrected chi connectivity index (χ1v) is 17.2. The molecule has 0 spiro atoms. The van der Waals surface area contributed by atoms with Crippen molar-refractivity contribution in [2.45, 2.75) is 42.4 Å². The number of rotatable bonds is 10. The highest BCUT2D eigenvalue weighted by atomic mass is 32.2. The van der Waals surface area contributed by atoms with Crippen molar-refractivity contribution >= 4 is 73.7 Å². The van der Waals surface area contributed by atoms with E-state index in [4.69, 9.17) is 19.4 Å². The maximum Gasteiger partial charge on any atom is 0.428 e. The number of fused-ring (bicyclic) bond motifs is 2. The number of nitrogens with two attached hydrogens (primary N) is 1. The lowest BCUT2D eigenvalue weighted by atomic mass is 10.0. The van der Waals surface area contributed by atoms with Gasteiger partial charge < -0.3 is 40.4 Å². The topological polar surface area (TPSA) is 311 Å². The van der Waals surface area contributed by atoms with Gasteiger partial charge in [0.2, 0.25) is 11.3 Å². The number of nitrogens with zero attached hydrogens (tertiary/aromatic N) is 5. The quantitative estimate of drug-likeness (QED) is 0.0897. The molecule has 256 valence electrons. The van der Waals surface area contributed by atoms with E-state index in [1.807, 2.05) is 0 Å². The summed E-state index contributed by atoms with van der Waals surface area (Å²) in [4.78, 5) is 62.9. The van der Waals surface area contributed by atoms with Crippen LogP contribution in [-0.4, -0.2) is 119 Å². The molecule has 6 heterocycles. The predicted octanol–water partition coefficient (Wildman–Crippen LogP) is -2.97. The molecular weight excluding hydrogens is 705 g/mol. The van der Waals surface area contributed by atoms with Crippen LogP contribution in [0.2, 0.25) is 0 Å². The molecule has 24 heteroatoms. The van der Waals surface area contributed by atoms with Crippen LogP contribution in [0.3, 0.4) is 0 Å². The highest BCUT2D eigenvalue weighted by Crippen LogP contribution is 2.37. The second kappa shape index (κ2) is 12.9. The van der Waals surface area contributed by atoms with Crippen LogP contribution in [0, 0.1) is 0 Å². The molecule has 3 aliphatic heterocycles. The van der Waals surface area contributed by atoms with Crippen LogP contribution < -0.4 is 15.8 Å². The summed E-state index contributed by atoms with van der Waals surface area (Å²) in [6.45, 7) is -0.919. The summed E-state index contributed by atoms with van der Waals surface area (Å²) in [6.07, 6.45) is -5.53. The Bertz CT molecular complexity index is 1920. The van der Waals surface area contributed by atoms with Crippen LogP contribution >= 0.6 is 11.3 Å². The third-order valence-corrected chi connectivity index (χ3v) is 10.6. The molecule has 3 amide bonds. The van der Waals surface area contributed by atoms with Crippen molar-refractivity contribution in [1.29, 1.82) is 0 Å². The van der Waals surface area contributed by atoms with Crippen molar-refractivity contribution in [2.75, 3.05) is 18.1 Å². The van der Waals surface area contributed by atoms with Gasteiger partial charge in [0, 0.05) is 4.88 Å². The van der Waals surface area contributed by atoms with Gasteiger partial charge in [-0.2, -0.15) is 13.1 Å². The first-order valence-electron chi connectivity index (χ1n) is 13.6. The van der Waals surface area contributed by atoms with Crippen LogP contribution in [-0.2, 0) is 55.9 Å². The average molecular weight is 729 g/mol. The standard InChI is InChI=1S/C24H24N8O13S3/c25-18-13-19(27-7-26-18)31(8-28-13)21-17(35)16(34)10(44-21)5-43-48(41,42)30-24(39)45-11-6-47(40)22-14(20(36)32(22)15(11)23(37)38)29-12(33)4-9-2-1-3-46-9/h1-3,7-8,10,14,16-17,21-22,34-35H,4-6H2,(H,29,33)(H,30,39)(H,37,38)(H2,25,26,27)/t10-,14-,16-,17-,21-,22-,47?/m1/s1. The minimum Gasteiger partial charge on any atom is -0.614 e. The van der Waals surface area contributed by atoms with Crippen molar-refractivity contribution < 1.29 is 61.1 Å². The number of thiophene rings is 1. The van der Waals surface area contributed by atoms with Gasteiger partial charge in [-0.25, -0.2) is 24.5 Å². The number of aliphatic carboxylic acids is 1. The number of nitrogens with one attached hydrogen (secondary N) is 2. The van der Waals surface area contributed by atoms with Crippen LogP contribution in [0.1, 0.15) is 11.1 Å². The van der Waals surface area contributed by atoms with Crippen molar-refractivity contribution in [1.82, 2.24) is 34.5 Å². The lowest BCUT2D eigenvalue weighted by molar-refractivity contribution is -0.151. The molecule has 0 aliphatic carbocycles. The van der Waals surface area contributed by atoms with E-state index < -0.39 is 105 Å². The smallest absolute Gasteiger partial charge is 0.428 e. The Labute approximate surface area is 275 Å². The number of carbonyl (C=O) groups is 4. The number of carboxylic acids is 1. The molecular formula is C24H24N8O13S3. The molecule has 0 saturated carbocycles.